The fourth-order valence-electron chi connectivity index (χ4n) is 6.48. The van der Waals surface area contributed by atoms with E-state index in [1.54, 1.807) is 27.0 Å². The monoisotopic (exact) mass is 565 g/mol. The van der Waals surface area contributed by atoms with E-state index in [1.165, 1.54) is 5.57 Å². The van der Waals surface area contributed by atoms with Gasteiger partial charge in [-0.3, -0.25) is 15.0 Å². The van der Waals surface area contributed by atoms with E-state index in [0.717, 1.165) is 44.1 Å². The maximum Gasteiger partial charge on any atom is 0.328 e. The van der Waals surface area contributed by atoms with Crippen LogP contribution in [0.2, 0.25) is 0 Å². The Hall–Kier alpha value is -3.16. The van der Waals surface area contributed by atoms with Gasteiger partial charge in [0.1, 0.15) is 11.4 Å². The molecule has 8 nitrogen and oxygen atoms in total. The van der Waals surface area contributed by atoms with Crippen LogP contribution >= 0.6 is 0 Å². The van der Waals surface area contributed by atoms with Crippen LogP contribution in [0.5, 0.6) is 0 Å². The van der Waals surface area contributed by atoms with E-state index in [1.807, 2.05) is 40.8 Å². The molecule has 2 saturated carbocycles. The molecule has 1 aliphatic heterocycles. The fraction of sp³-hybridized carbons (Fsp3) is 0.636. The van der Waals surface area contributed by atoms with Crippen LogP contribution in [0.25, 0.3) is 0 Å². The lowest BCUT2D eigenvalue weighted by atomic mass is 9.84. The molecular formula is C33H51N5O3. The molecule has 0 radical (unpaired) electrons. The van der Waals surface area contributed by atoms with Gasteiger partial charge in [-0.2, -0.15) is 0 Å². The number of amides is 5. The van der Waals surface area contributed by atoms with E-state index in [4.69, 9.17) is 0 Å². The third-order valence-corrected chi connectivity index (χ3v) is 9.52. The van der Waals surface area contributed by atoms with Crippen LogP contribution in [-0.2, 0) is 11.3 Å². The Kier molecular flexibility index (Phi) is 8.72. The first kappa shape index (κ1) is 30.8. The highest BCUT2D eigenvalue weighted by molar-refractivity contribution is 6.08. The molecule has 41 heavy (non-hydrogen) atoms. The first-order valence-corrected chi connectivity index (χ1v) is 15.4. The summed E-state index contributed by atoms with van der Waals surface area (Å²) in [6, 6.07) is 3.49. The predicted molar refractivity (Wildman–Crippen MR) is 165 cm³/mol. The largest absolute Gasteiger partial charge is 0.328 e. The minimum absolute atomic E-state index is 0. The minimum atomic E-state index is -0.939. The number of hydrogen-bond acceptors (Lipinski definition) is 4. The predicted octanol–water partition coefficient (Wildman–Crippen LogP) is 7.38. The number of urea groups is 2. The lowest BCUT2D eigenvalue weighted by Crippen LogP contribution is -2.47. The maximum absolute atomic E-state index is 14.0. The Balaban J connectivity index is 0.00000158. The van der Waals surface area contributed by atoms with Crippen LogP contribution in [0.3, 0.4) is 0 Å². The normalized spacial score (nSPS) is 27.6. The first-order valence-electron chi connectivity index (χ1n) is 15.4. The lowest BCUT2D eigenvalue weighted by molar-refractivity contribution is -0.134. The maximum atomic E-state index is 14.0. The average Bonchev–Trinajstić information content (AvgIpc) is 3.31. The van der Waals surface area contributed by atoms with Gasteiger partial charge in [-0.05, 0) is 62.1 Å². The highest BCUT2D eigenvalue weighted by atomic mass is 16.2. The Labute approximate surface area is 247 Å². The quantitative estimate of drug-likeness (QED) is 0.288. The van der Waals surface area contributed by atoms with E-state index in [0.29, 0.717) is 12.2 Å². The number of anilines is 1. The van der Waals surface area contributed by atoms with Gasteiger partial charge in [-0.25, -0.2) is 14.6 Å². The molecule has 226 valence electrons. The van der Waals surface area contributed by atoms with E-state index in [-0.39, 0.29) is 43.3 Å². The highest BCUT2D eigenvalue weighted by Crippen LogP contribution is 2.56. The van der Waals surface area contributed by atoms with Gasteiger partial charge < -0.3 is 9.80 Å². The molecule has 1 N–H and O–H groups in total. The summed E-state index contributed by atoms with van der Waals surface area (Å²) < 4.78 is 0. The number of imide groups is 1. The zero-order valence-corrected chi connectivity index (χ0v) is 26.3. The molecule has 3 fully saturated rings. The van der Waals surface area contributed by atoms with Crippen molar-refractivity contribution in [1.82, 2.24) is 19.7 Å². The van der Waals surface area contributed by atoms with Gasteiger partial charge >= 0.3 is 12.1 Å². The van der Waals surface area contributed by atoms with Gasteiger partial charge in [0, 0.05) is 33.2 Å². The van der Waals surface area contributed by atoms with Crippen LogP contribution in [-0.4, -0.2) is 61.8 Å². The number of hydrogen-bond donors (Lipinski definition) is 1. The molecule has 4 aliphatic rings. The lowest BCUT2D eigenvalue weighted by Gasteiger charge is -2.30. The molecule has 0 aromatic carbocycles. The molecular weight excluding hydrogens is 514 g/mol. The number of carbonyl (C=O) groups is 3. The number of aromatic nitrogens is 1. The zero-order valence-electron chi connectivity index (χ0n) is 26.3. The van der Waals surface area contributed by atoms with E-state index < -0.39 is 11.1 Å². The van der Waals surface area contributed by atoms with Crippen molar-refractivity contribution in [3.8, 4) is 0 Å². The van der Waals surface area contributed by atoms with Crippen LogP contribution in [0.15, 0.2) is 42.1 Å². The second-order valence-electron chi connectivity index (χ2n) is 13.0. The van der Waals surface area contributed by atoms with Gasteiger partial charge in [0.05, 0.1) is 5.54 Å². The van der Waals surface area contributed by atoms with Gasteiger partial charge in [0.25, 0.3) is 5.91 Å². The van der Waals surface area contributed by atoms with Crippen LogP contribution in [0.4, 0.5) is 15.4 Å². The molecule has 3 atom stereocenters. The molecule has 0 spiro atoms. The first-order chi connectivity index (χ1) is 19.4. The highest BCUT2D eigenvalue weighted by Gasteiger charge is 2.67. The number of carbonyl (C=O) groups excluding carboxylic acids is 3. The van der Waals surface area contributed by atoms with Crippen molar-refractivity contribution in [2.45, 2.75) is 117 Å². The van der Waals surface area contributed by atoms with Crippen molar-refractivity contribution in [1.29, 1.82) is 0 Å². The standard InChI is InChI=1S/C31H43N5O3.C2H6.H2/c1-7-30(5)26(37)36(31-15-10-11-22(29(2,3)4)18-23(31)19-31)28(39)35(30)20-21-14-16-32-25(17-21)33-27(38)34(6)24-12-8-9-13-24;1-2;/h10,14-18,23-24H,7-9,11-13,19-20H2,1-6H3,(H,32,33,38);1-2H3;1H. The van der Waals surface area contributed by atoms with Gasteiger partial charge in [0.15, 0.2) is 0 Å². The number of allylic oxidation sites excluding steroid dienone is 2. The molecule has 8 heteroatoms. The molecule has 3 aliphatic carbocycles. The molecule has 1 aromatic rings. The Morgan fingerprint density at radius 3 is 2.54 bits per heavy atom. The number of fused-ring (bicyclic) bond motifs is 1. The number of nitrogens with zero attached hydrogens (tertiary/aromatic N) is 4. The molecule has 2 heterocycles. The summed E-state index contributed by atoms with van der Waals surface area (Å²) in [6.07, 6.45) is 14.7. The van der Waals surface area contributed by atoms with Crippen LogP contribution in [0, 0.1) is 11.3 Å². The average molecular weight is 566 g/mol. The number of rotatable bonds is 6. The van der Waals surface area contributed by atoms with Crippen LogP contribution in [0.1, 0.15) is 100 Å². The minimum Gasteiger partial charge on any atom is -0.325 e. The summed E-state index contributed by atoms with van der Waals surface area (Å²) in [4.78, 5) is 50.1. The molecule has 1 aromatic heterocycles. The van der Waals surface area contributed by atoms with Gasteiger partial charge in [-0.15, -0.1) is 0 Å². The summed E-state index contributed by atoms with van der Waals surface area (Å²) in [5.41, 5.74) is 0.705. The third kappa shape index (κ3) is 5.67. The second kappa shape index (κ2) is 11.6. The smallest absolute Gasteiger partial charge is 0.325 e. The Bertz CT molecular complexity index is 1230. The third-order valence-electron chi connectivity index (χ3n) is 9.52. The van der Waals surface area contributed by atoms with Crippen molar-refractivity contribution in [3.63, 3.8) is 0 Å². The zero-order chi connectivity index (χ0) is 30.2. The fourth-order valence-corrected chi connectivity index (χ4v) is 6.48. The second-order valence-corrected chi connectivity index (χ2v) is 13.0. The summed E-state index contributed by atoms with van der Waals surface area (Å²) in [5.74, 6) is 0.470. The summed E-state index contributed by atoms with van der Waals surface area (Å²) in [7, 11) is 1.83. The topological polar surface area (TPSA) is 85.9 Å². The molecule has 5 rings (SSSR count). The Morgan fingerprint density at radius 2 is 1.90 bits per heavy atom. The van der Waals surface area contributed by atoms with E-state index in [2.05, 4.69) is 49.3 Å². The molecule has 1 saturated heterocycles. The van der Waals surface area contributed by atoms with Crippen molar-refractivity contribution in [2.75, 3.05) is 12.4 Å². The number of pyridine rings is 1. The number of nitrogens with one attached hydrogen (secondary N) is 1. The van der Waals surface area contributed by atoms with Gasteiger partial charge in [0.2, 0.25) is 0 Å². The SMILES string of the molecule is CC.CCC1(C)C(=O)N(C23C=CCC(C(C)(C)C)=CC2C3)C(=O)N1Cc1ccnc(NC(=O)N(C)C2CCCC2)c1.[HH]. The van der Waals surface area contributed by atoms with Crippen LogP contribution < -0.4 is 5.32 Å². The molecule has 0 bridgehead atoms. The molecule has 5 amide bonds. The van der Waals surface area contributed by atoms with Crippen molar-refractivity contribution < 1.29 is 15.8 Å². The van der Waals surface area contributed by atoms with Crippen molar-refractivity contribution in [2.24, 2.45) is 11.3 Å². The van der Waals surface area contributed by atoms with E-state index in [9.17, 15) is 14.4 Å². The Morgan fingerprint density at radius 1 is 1.22 bits per heavy atom. The van der Waals surface area contributed by atoms with E-state index >= 15 is 0 Å². The molecule has 3 unspecified atom stereocenters. The summed E-state index contributed by atoms with van der Waals surface area (Å²) >= 11 is 0. The summed E-state index contributed by atoms with van der Waals surface area (Å²) in [6.45, 7) is 14.7. The summed E-state index contributed by atoms with van der Waals surface area (Å²) in [5, 5.41) is 2.91. The van der Waals surface area contributed by atoms with Crippen molar-refractivity contribution >= 4 is 23.8 Å². The van der Waals surface area contributed by atoms with Gasteiger partial charge in [-0.1, -0.05) is 78.2 Å². The van der Waals surface area contributed by atoms with Crippen molar-refractivity contribution in [3.05, 3.63) is 47.7 Å².